The standard InChI is InChI=1S/C24H30N4O2/c1-26(2)17-22-24(19-7-5-4-6-8-19)27(15-16-30-22)18-23-25-13-14-28(23)20-9-11-21(29-3)12-10-20/h4-14,22,24H,15-18H2,1-3H3/t22-,24-/m0/s1. The van der Waals surface area contributed by atoms with E-state index < -0.39 is 0 Å². The SMILES string of the molecule is COc1ccc(-n2ccnc2CN2CCO[C@@H](CN(C)C)[C@@H]2c2ccccc2)cc1. The average molecular weight is 407 g/mol. The number of ether oxygens (including phenoxy) is 2. The third-order valence-corrected chi connectivity index (χ3v) is 5.55. The zero-order valence-electron chi connectivity index (χ0n) is 17.9. The minimum atomic E-state index is 0.112. The van der Waals surface area contributed by atoms with Gasteiger partial charge in [0.15, 0.2) is 0 Å². The summed E-state index contributed by atoms with van der Waals surface area (Å²) in [5.41, 5.74) is 2.37. The lowest BCUT2D eigenvalue weighted by atomic mass is 9.97. The number of hydrogen-bond acceptors (Lipinski definition) is 5. The lowest BCUT2D eigenvalue weighted by Crippen LogP contribution is -2.48. The van der Waals surface area contributed by atoms with E-state index >= 15 is 0 Å². The number of likely N-dealkylation sites (N-methyl/N-ethyl adjacent to an activating group) is 1. The highest BCUT2D eigenvalue weighted by atomic mass is 16.5. The fourth-order valence-electron chi connectivity index (χ4n) is 4.16. The van der Waals surface area contributed by atoms with Crippen molar-refractivity contribution in [2.75, 3.05) is 40.9 Å². The van der Waals surface area contributed by atoms with E-state index in [1.54, 1.807) is 7.11 Å². The van der Waals surface area contributed by atoms with E-state index in [9.17, 15) is 0 Å². The molecule has 0 spiro atoms. The van der Waals surface area contributed by atoms with Crippen LogP contribution >= 0.6 is 0 Å². The van der Waals surface area contributed by atoms with Crippen molar-refractivity contribution in [3.8, 4) is 11.4 Å². The largest absolute Gasteiger partial charge is 0.497 e. The van der Waals surface area contributed by atoms with Gasteiger partial charge >= 0.3 is 0 Å². The summed E-state index contributed by atoms with van der Waals surface area (Å²) < 4.78 is 13.7. The van der Waals surface area contributed by atoms with Crippen molar-refractivity contribution in [1.29, 1.82) is 0 Å². The lowest BCUT2D eigenvalue weighted by Gasteiger charge is -2.42. The Bertz CT molecular complexity index is 924. The van der Waals surface area contributed by atoms with Crippen LogP contribution in [0.5, 0.6) is 5.75 Å². The van der Waals surface area contributed by atoms with Gasteiger partial charge in [0.25, 0.3) is 0 Å². The van der Waals surface area contributed by atoms with Crippen LogP contribution in [0.4, 0.5) is 0 Å². The van der Waals surface area contributed by atoms with Crippen LogP contribution in [0, 0.1) is 0 Å². The Balaban J connectivity index is 1.61. The Hall–Kier alpha value is -2.67. The molecule has 0 bridgehead atoms. The molecule has 0 radical (unpaired) electrons. The molecule has 2 heterocycles. The molecule has 1 aromatic heterocycles. The van der Waals surface area contributed by atoms with E-state index in [0.29, 0.717) is 0 Å². The van der Waals surface area contributed by atoms with Crippen molar-refractivity contribution >= 4 is 0 Å². The summed E-state index contributed by atoms with van der Waals surface area (Å²) in [6.07, 6.45) is 4.00. The zero-order valence-corrected chi connectivity index (χ0v) is 17.9. The van der Waals surface area contributed by atoms with Crippen LogP contribution in [0.25, 0.3) is 5.69 Å². The van der Waals surface area contributed by atoms with Crippen molar-refractivity contribution in [3.63, 3.8) is 0 Å². The predicted molar refractivity (Wildman–Crippen MR) is 118 cm³/mol. The third kappa shape index (κ3) is 4.56. The van der Waals surface area contributed by atoms with Crippen molar-refractivity contribution in [2.24, 2.45) is 0 Å². The molecule has 1 aliphatic rings. The van der Waals surface area contributed by atoms with Crippen molar-refractivity contribution in [1.82, 2.24) is 19.4 Å². The van der Waals surface area contributed by atoms with Crippen LogP contribution in [0.15, 0.2) is 67.0 Å². The Kier molecular flexibility index (Phi) is 6.47. The first-order valence-electron chi connectivity index (χ1n) is 10.4. The highest BCUT2D eigenvalue weighted by molar-refractivity contribution is 5.38. The number of methoxy groups -OCH3 is 1. The first-order chi connectivity index (χ1) is 14.7. The second-order valence-electron chi connectivity index (χ2n) is 7.91. The molecule has 0 saturated carbocycles. The summed E-state index contributed by atoms with van der Waals surface area (Å²) in [7, 11) is 5.88. The monoisotopic (exact) mass is 406 g/mol. The van der Waals surface area contributed by atoms with E-state index in [1.165, 1.54) is 5.56 Å². The van der Waals surface area contributed by atoms with Gasteiger partial charge < -0.3 is 18.9 Å². The summed E-state index contributed by atoms with van der Waals surface area (Å²) in [5, 5.41) is 0. The second kappa shape index (κ2) is 9.43. The number of nitrogens with zero attached hydrogens (tertiary/aromatic N) is 4. The van der Waals surface area contributed by atoms with Crippen LogP contribution in [-0.4, -0.2) is 66.4 Å². The predicted octanol–water partition coefficient (Wildman–Crippen LogP) is 3.38. The molecule has 30 heavy (non-hydrogen) atoms. The van der Waals surface area contributed by atoms with E-state index in [-0.39, 0.29) is 12.1 Å². The number of benzene rings is 2. The highest BCUT2D eigenvalue weighted by Gasteiger charge is 2.34. The van der Waals surface area contributed by atoms with Gasteiger partial charge in [-0.3, -0.25) is 4.90 Å². The van der Waals surface area contributed by atoms with E-state index in [1.807, 2.05) is 24.5 Å². The van der Waals surface area contributed by atoms with Gasteiger partial charge in [-0.25, -0.2) is 4.98 Å². The van der Waals surface area contributed by atoms with E-state index in [4.69, 9.17) is 9.47 Å². The molecule has 2 aromatic carbocycles. The van der Waals surface area contributed by atoms with Gasteiger partial charge in [0.1, 0.15) is 11.6 Å². The van der Waals surface area contributed by atoms with Crippen LogP contribution in [0.1, 0.15) is 17.4 Å². The van der Waals surface area contributed by atoms with E-state index in [0.717, 1.165) is 43.5 Å². The normalized spacial score (nSPS) is 19.9. The van der Waals surface area contributed by atoms with Crippen LogP contribution < -0.4 is 4.74 Å². The maximum absolute atomic E-state index is 6.22. The zero-order chi connectivity index (χ0) is 20.9. The molecule has 6 nitrogen and oxygen atoms in total. The minimum absolute atomic E-state index is 0.112. The van der Waals surface area contributed by atoms with Crippen molar-refractivity contribution in [2.45, 2.75) is 18.7 Å². The molecular formula is C24H30N4O2. The Morgan fingerprint density at radius 3 is 2.57 bits per heavy atom. The summed E-state index contributed by atoms with van der Waals surface area (Å²) in [6.45, 7) is 3.24. The van der Waals surface area contributed by atoms with Gasteiger partial charge in [-0.1, -0.05) is 30.3 Å². The molecule has 6 heteroatoms. The smallest absolute Gasteiger partial charge is 0.127 e. The molecular weight excluding hydrogens is 376 g/mol. The molecule has 0 N–H and O–H groups in total. The van der Waals surface area contributed by atoms with Gasteiger partial charge in [-0.05, 0) is 43.9 Å². The Labute approximate surface area is 178 Å². The first-order valence-corrected chi connectivity index (χ1v) is 10.4. The van der Waals surface area contributed by atoms with Crippen LogP contribution in [-0.2, 0) is 11.3 Å². The van der Waals surface area contributed by atoms with Crippen LogP contribution in [0.3, 0.4) is 0 Å². The molecule has 1 aliphatic heterocycles. The summed E-state index contributed by atoms with van der Waals surface area (Å²) >= 11 is 0. The van der Waals surface area contributed by atoms with Gasteiger partial charge in [-0.2, -0.15) is 0 Å². The molecule has 0 amide bonds. The number of aromatic nitrogens is 2. The number of hydrogen-bond donors (Lipinski definition) is 0. The summed E-state index contributed by atoms with van der Waals surface area (Å²) in [4.78, 5) is 9.37. The minimum Gasteiger partial charge on any atom is -0.497 e. The number of morpholine rings is 1. The molecule has 0 aliphatic carbocycles. The molecule has 4 rings (SSSR count). The fraction of sp³-hybridized carbons (Fsp3) is 0.375. The van der Waals surface area contributed by atoms with E-state index in [2.05, 4.69) is 75.9 Å². The van der Waals surface area contributed by atoms with Crippen molar-refractivity contribution in [3.05, 3.63) is 78.4 Å². The quantitative estimate of drug-likeness (QED) is 0.602. The first kappa shape index (κ1) is 20.6. The maximum Gasteiger partial charge on any atom is 0.127 e. The molecule has 3 aromatic rings. The fourth-order valence-corrected chi connectivity index (χ4v) is 4.16. The third-order valence-electron chi connectivity index (χ3n) is 5.55. The topological polar surface area (TPSA) is 42.8 Å². The second-order valence-corrected chi connectivity index (χ2v) is 7.91. The number of rotatable bonds is 7. The van der Waals surface area contributed by atoms with Gasteiger partial charge in [0.05, 0.1) is 32.4 Å². The van der Waals surface area contributed by atoms with Crippen molar-refractivity contribution < 1.29 is 9.47 Å². The Morgan fingerprint density at radius 2 is 1.87 bits per heavy atom. The molecule has 1 fully saturated rings. The maximum atomic E-state index is 6.22. The highest BCUT2D eigenvalue weighted by Crippen LogP contribution is 2.31. The molecule has 2 atom stereocenters. The van der Waals surface area contributed by atoms with Gasteiger partial charge in [0.2, 0.25) is 0 Å². The molecule has 158 valence electrons. The Morgan fingerprint density at radius 1 is 1.10 bits per heavy atom. The summed E-state index contributed by atoms with van der Waals surface area (Å²) in [6, 6.07) is 18.9. The lowest BCUT2D eigenvalue weighted by molar-refractivity contribution is -0.0845. The van der Waals surface area contributed by atoms with Gasteiger partial charge in [-0.15, -0.1) is 0 Å². The molecule has 1 saturated heterocycles. The number of imidazole rings is 1. The average Bonchev–Trinajstić information content (AvgIpc) is 3.22. The molecule has 0 unspecified atom stereocenters. The summed E-state index contributed by atoms with van der Waals surface area (Å²) in [5.74, 6) is 1.87. The van der Waals surface area contributed by atoms with Gasteiger partial charge in [0, 0.05) is 31.2 Å². The van der Waals surface area contributed by atoms with Crippen LogP contribution in [0.2, 0.25) is 0 Å².